The molecule has 0 saturated carbocycles. The lowest BCUT2D eigenvalue weighted by atomic mass is 10.3. The lowest BCUT2D eigenvalue weighted by Gasteiger charge is -2.04. The fourth-order valence-electron chi connectivity index (χ4n) is 1.28. The number of carboxylic acids is 1. The van der Waals surface area contributed by atoms with Gasteiger partial charge in [-0.3, -0.25) is 0 Å². The topological polar surface area (TPSA) is 89.6 Å². The van der Waals surface area contributed by atoms with E-state index in [0.29, 0.717) is 4.52 Å². The van der Waals surface area contributed by atoms with Gasteiger partial charge in [-0.05, 0) is 0 Å². The van der Waals surface area contributed by atoms with E-state index in [-0.39, 0.29) is 5.88 Å². The molecule has 0 radical (unpaired) electrons. The third kappa shape index (κ3) is 1.81. The van der Waals surface area contributed by atoms with Gasteiger partial charge < -0.3 is 9.84 Å². The Morgan fingerprint density at radius 3 is 2.67 bits per heavy atom. The maximum atomic E-state index is 12.4. The monoisotopic (exact) mass is 262 g/mol. The molecule has 0 fully saturated rings. The third-order valence-electron chi connectivity index (χ3n) is 2.00. The number of carboxylic acid groups (broad SMARTS) is 1. The first-order chi connectivity index (χ1) is 8.34. The van der Waals surface area contributed by atoms with Gasteiger partial charge in [-0.2, -0.15) is 22.7 Å². The van der Waals surface area contributed by atoms with Gasteiger partial charge in [-0.15, -0.1) is 5.10 Å². The molecule has 0 aliphatic carbocycles. The second-order valence-electron chi connectivity index (χ2n) is 3.13. The van der Waals surface area contributed by atoms with Gasteiger partial charge in [0.2, 0.25) is 5.88 Å². The van der Waals surface area contributed by atoms with Crippen LogP contribution in [0.4, 0.5) is 13.2 Å². The number of halogens is 3. The van der Waals surface area contributed by atoms with Crippen LogP contribution in [0.15, 0.2) is 6.20 Å². The maximum Gasteiger partial charge on any atom is 0.453 e. The van der Waals surface area contributed by atoms with Crippen LogP contribution in [-0.4, -0.2) is 37.8 Å². The Kier molecular flexibility index (Phi) is 2.56. The highest BCUT2D eigenvalue weighted by Crippen LogP contribution is 2.27. The van der Waals surface area contributed by atoms with E-state index < -0.39 is 29.3 Å². The number of carbonyl (C=O) groups is 1. The van der Waals surface area contributed by atoms with Crippen molar-refractivity contribution < 1.29 is 27.8 Å². The molecule has 96 valence electrons. The summed E-state index contributed by atoms with van der Waals surface area (Å²) in [6, 6.07) is 0. The summed E-state index contributed by atoms with van der Waals surface area (Å²) in [6.45, 7) is 0. The standard InChI is InChI=1S/C8H5F3N4O3/c1-18-4-3(5(16)17)2-12-7-13-6(8(9,10)11)14-15(4)7/h2H,1H3,(H,16,17). The molecule has 0 spiro atoms. The molecular weight excluding hydrogens is 257 g/mol. The summed E-state index contributed by atoms with van der Waals surface area (Å²) in [5.74, 6) is -3.60. The summed E-state index contributed by atoms with van der Waals surface area (Å²) in [4.78, 5) is 17.4. The van der Waals surface area contributed by atoms with Crippen molar-refractivity contribution in [3.63, 3.8) is 0 Å². The Bertz CT molecular complexity index is 622. The second-order valence-corrected chi connectivity index (χ2v) is 3.13. The lowest BCUT2D eigenvalue weighted by molar-refractivity contribution is -0.144. The van der Waals surface area contributed by atoms with Gasteiger partial charge in [-0.1, -0.05) is 0 Å². The SMILES string of the molecule is COc1c(C(=O)O)cnc2nc(C(F)(F)F)nn12. The van der Waals surface area contributed by atoms with Crippen molar-refractivity contribution in [1.82, 2.24) is 19.6 Å². The van der Waals surface area contributed by atoms with E-state index in [1.54, 1.807) is 0 Å². The van der Waals surface area contributed by atoms with Crippen LogP contribution in [0.25, 0.3) is 5.78 Å². The molecule has 7 nitrogen and oxygen atoms in total. The van der Waals surface area contributed by atoms with Gasteiger partial charge in [0.25, 0.3) is 11.6 Å². The third-order valence-corrected chi connectivity index (χ3v) is 2.00. The van der Waals surface area contributed by atoms with Gasteiger partial charge in [-0.25, -0.2) is 9.78 Å². The van der Waals surface area contributed by atoms with Crippen molar-refractivity contribution in [1.29, 1.82) is 0 Å². The molecule has 2 heterocycles. The first kappa shape index (κ1) is 12.1. The predicted octanol–water partition coefficient (Wildman–Crippen LogP) is 0.850. The Hall–Kier alpha value is -2.39. The number of methoxy groups -OCH3 is 1. The van der Waals surface area contributed by atoms with Gasteiger partial charge >= 0.3 is 12.1 Å². The van der Waals surface area contributed by atoms with Gasteiger partial charge in [0.05, 0.1) is 13.3 Å². The molecule has 2 rings (SSSR count). The van der Waals surface area contributed by atoms with Gasteiger partial charge in [0, 0.05) is 0 Å². The Morgan fingerprint density at radius 2 is 2.17 bits per heavy atom. The van der Waals surface area contributed by atoms with Crippen LogP contribution in [0.1, 0.15) is 16.2 Å². The molecule has 1 N–H and O–H groups in total. The lowest BCUT2D eigenvalue weighted by Crippen LogP contribution is -2.09. The summed E-state index contributed by atoms with van der Waals surface area (Å²) in [5.41, 5.74) is -0.413. The minimum absolute atomic E-state index is 0.379. The summed E-state index contributed by atoms with van der Waals surface area (Å²) in [5, 5.41) is 11.9. The van der Waals surface area contributed by atoms with Crippen LogP contribution in [0.5, 0.6) is 5.88 Å². The van der Waals surface area contributed by atoms with Crippen LogP contribution in [-0.2, 0) is 6.18 Å². The second kappa shape index (κ2) is 3.82. The molecule has 18 heavy (non-hydrogen) atoms. The molecule has 2 aromatic heterocycles. The van der Waals surface area contributed by atoms with Crippen molar-refractivity contribution in [3.8, 4) is 5.88 Å². The molecule has 0 aliphatic heterocycles. The predicted molar refractivity (Wildman–Crippen MR) is 49.3 cm³/mol. The largest absolute Gasteiger partial charge is 0.480 e. The molecule has 0 aromatic carbocycles. The van der Waals surface area contributed by atoms with E-state index in [1.807, 2.05) is 0 Å². The van der Waals surface area contributed by atoms with Crippen LogP contribution < -0.4 is 4.74 Å². The molecule has 10 heteroatoms. The van der Waals surface area contributed by atoms with Gasteiger partial charge in [0.15, 0.2) is 0 Å². The van der Waals surface area contributed by atoms with Crippen LogP contribution >= 0.6 is 0 Å². The number of fused-ring (bicyclic) bond motifs is 1. The molecule has 2 aromatic rings. The number of hydrogen-bond donors (Lipinski definition) is 1. The first-order valence-corrected chi connectivity index (χ1v) is 4.45. The van der Waals surface area contributed by atoms with E-state index >= 15 is 0 Å². The molecule has 0 amide bonds. The highest BCUT2D eigenvalue weighted by Gasteiger charge is 2.37. The number of ether oxygens (including phenoxy) is 1. The van der Waals surface area contributed by atoms with E-state index in [1.165, 1.54) is 0 Å². The number of rotatable bonds is 2. The summed E-state index contributed by atoms with van der Waals surface area (Å²) in [6.07, 6.45) is -3.90. The number of hydrogen-bond acceptors (Lipinski definition) is 5. The van der Waals surface area contributed by atoms with Crippen molar-refractivity contribution in [3.05, 3.63) is 17.6 Å². The Balaban J connectivity index is 2.73. The van der Waals surface area contributed by atoms with Crippen molar-refractivity contribution in [2.45, 2.75) is 6.18 Å². The minimum atomic E-state index is -4.75. The zero-order valence-corrected chi connectivity index (χ0v) is 8.76. The van der Waals surface area contributed by atoms with E-state index in [4.69, 9.17) is 9.84 Å². The van der Waals surface area contributed by atoms with Crippen LogP contribution in [0.2, 0.25) is 0 Å². The number of nitrogens with zero attached hydrogens (tertiary/aromatic N) is 4. The molecule has 0 aliphatic rings. The maximum absolute atomic E-state index is 12.4. The highest BCUT2D eigenvalue weighted by atomic mass is 19.4. The molecule has 0 bridgehead atoms. The average Bonchev–Trinajstić information content (AvgIpc) is 2.70. The van der Waals surface area contributed by atoms with Gasteiger partial charge in [0.1, 0.15) is 5.56 Å². The fourth-order valence-corrected chi connectivity index (χ4v) is 1.28. The molecule has 0 unspecified atom stereocenters. The van der Waals surface area contributed by atoms with Crippen LogP contribution in [0, 0.1) is 0 Å². The number of aromatic carboxylic acids is 1. The van der Waals surface area contributed by atoms with Crippen molar-refractivity contribution in [2.75, 3.05) is 7.11 Å². The molecule has 0 saturated heterocycles. The first-order valence-electron chi connectivity index (χ1n) is 4.45. The molecule has 0 atom stereocenters. The normalized spacial score (nSPS) is 11.8. The van der Waals surface area contributed by atoms with E-state index in [9.17, 15) is 18.0 Å². The Labute approximate surface area is 96.8 Å². The van der Waals surface area contributed by atoms with Crippen molar-refractivity contribution >= 4 is 11.7 Å². The zero-order valence-electron chi connectivity index (χ0n) is 8.76. The summed E-state index contributed by atoms with van der Waals surface area (Å²) < 4.78 is 42.5. The van der Waals surface area contributed by atoms with Crippen LogP contribution in [0.3, 0.4) is 0 Å². The van der Waals surface area contributed by atoms with Crippen molar-refractivity contribution in [2.24, 2.45) is 0 Å². The summed E-state index contributed by atoms with van der Waals surface area (Å²) in [7, 11) is 1.11. The fraction of sp³-hybridized carbons (Fsp3) is 0.250. The van der Waals surface area contributed by atoms with E-state index in [0.717, 1.165) is 13.3 Å². The number of aromatic nitrogens is 4. The zero-order chi connectivity index (χ0) is 13.5. The Morgan fingerprint density at radius 1 is 1.50 bits per heavy atom. The van der Waals surface area contributed by atoms with E-state index in [2.05, 4.69) is 15.1 Å². The quantitative estimate of drug-likeness (QED) is 0.862. The molecular formula is C8H5F3N4O3. The average molecular weight is 262 g/mol. The highest BCUT2D eigenvalue weighted by molar-refractivity contribution is 5.90. The summed E-state index contributed by atoms with van der Waals surface area (Å²) >= 11 is 0. The smallest absolute Gasteiger partial charge is 0.453 e. The number of alkyl halides is 3. The minimum Gasteiger partial charge on any atom is -0.480 e.